The molecule has 0 saturated heterocycles. The third kappa shape index (κ3) is 3.74. The largest absolute Gasteiger partial charge is 0.309 e. The van der Waals surface area contributed by atoms with E-state index < -0.39 is 10.0 Å². The molecule has 124 valence electrons. The maximum atomic E-state index is 12.4. The first-order valence-electron chi connectivity index (χ1n) is 7.44. The van der Waals surface area contributed by atoms with Crippen molar-refractivity contribution in [3.05, 3.63) is 30.6 Å². The van der Waals surface area contributed by atoms with Gasteiger partial charge in [0.15, 0.2) is 0 Å². The first-order chi connectivity index (χ1) is 10.9. The van der Waals surface area contributed by atoms with Crippen LogP contribution in [0.3, 0.4) is 0 Å². The van der Waals surface area contributed by atoms with Crippen molar-refractivity contribution < 1.29 is 8.42 Å². The lowest BCUT2D eigenvalue weighted by molar-refractivity contribution is 0.191. The average molecular weight is 336 g/mol. The van der Waals surface area contributed by atoms with Gasteiger partial charge in [-0.15, -0.1) is 5.10 Å². The molecular weight excluding hydrogens is 316 g/mol. The van der Waals surface area contributed by atoms with Crippen molar-refractivity contribution in [2.45, 2.75) is 23.8 Å². The lowest BCUT2D eigenvalue weighted by Crippen LogP contribution is -2.46. The molecule has 0 spiro atoms. The van der Waals surface area contributed by atoms with Gasteiger partial charge in [-0.05, 0) is 67.5 Å². The standard InChI is InChI=1S/C14H20N6O2S/c1-19(2)9-11-7-12(8-11)16-23(21,22)14-5-3-13(4-6-14)20-10-15-17-18-20/h3-6,10-12,16H,7-9H2,1-2H3. The highest BCUT2D eigenvalue weighted by atomic mass is 32.2. The highest BCUT2D eigenvalue weighted by molar-refractivity contribution is 7.89. The van der Waals surface area contributed by atoms with Crippen LogP contribution in [0, 0.1) is 5.92 Å². The summed E-state index contributed by atoms with van der Waals surface area (Å²) < 4.78 is 29.0. The van der Waals surface area contributed by atoms with Crippen molar-refractivity contribution in [2.75, 3.05) is 20.6 Å². The zero-order valence-corrected chi connectivity index (χ0v) is 13.9. The molecule has 1 heterocycles. The van der Waals surface area contributed by atoms with E-state index in [2.05, 4.69) is 25.1 Å². The Labute approximate surface area is 135 Å². The molecule has 1 N–H and O–H groups in total. The summed E-state index contributed by atoms with van der Waals surface area (Å²) in [7, 11) is 0.581. The van der Waals surface area contributed by atoms with E-state index in [1.165, 1.54) is 11.0 Å². The van der Waals surface area contributed by atoms with Gasteiger partial charge >= 0.3 is 0 Å². The van der Waals surface area contributed by atoms with Gasteiger partial charge in [0.1, 0.15) is 6.33 Å². The quantitative estimate of drug-likeness (QED) is 0.814. The molecule has 9 heteroatoms. The number of nitrogens with one attached hydrogen (secondary N) is 1. The minimum absolute atomic E-state index is 0.0316. The van der Waals surface area contributed by atoms with Gasteiger partial charge in [-0.3, -0.25) is 0 Å². The van der Waals surface area contributed by atoms with E-state index in [0.29, 0.717) is 11.6 Å². The molecule has 1 aliphatic carbocycles. The van der Waals surface area contributed by atoms with Gasteiger partial charge in [0, 0.05) is 12.6 Å². The van der Waals surface area contributed by atoms with Gasteiger partial charge in [-0.25, -0.2) is 17.8 Å². The number of hydrogen-bond donors (Lipinski definition) is 1. The smallest absolute Gasteiger partial charge is 0.240 e. The van der Waals surface area contributed by atoms with Crippen molar-refractivity contribution in [3.63, 3.8) is 0 Å². The zero-order chi connectivity index (χ0) is 16.4. The molecule has 1 aromatic heterocycles. The Morgan fingerprint density at radius 3 is 2.52 bits per heavy atom. The van der Waals surface area contributed by atoms with Gasteiger partial charge in [0.25, 0.3) is 0 Å². The summed E-state index contributed by atoms with van der Waals surface area (Å²) in [5.74, 6) is 0.569. The minimum Gasteiger partial charge on any atom is -0.309 e. The van der Waals surface area contributed by atoms with Crippen LogP contribution in [-0.4, -0.2) is 60.2 Å². The van der Waals surface area contributed by atoms with E-state index in [-0.39, 0.29) is 10.9 Å². The predicted octanol–water partition coefficient (Wildman–Crippen LogP) is 0.281. The Balaban J connectivity index is 1.62. The minimum atomic E-state index is -3.48. The monoisotopic (exact) mass is 336 g/mol. The van der Waals surface area contributed by atoms with E-state index >= 15 is 0 Å². The maximum Gasteiger partial charge on any atom is 0.240 e. The van der Waals surface area contributed by atoms with Gasteiger partial charge in [0.2, 0.25) is 10.0 Å². The van der Waals surface area contributed by atoms with Crippen LogP contribution in [0.25, 0.3) is 5.69 Å². The van der Waals surface area contributed by atoms with Crippen molar-refractivity contribution >= 4 is 10.0 Å². The van der Waals surface area contributed by atoms with Crippen molar-refractivity contribution in [1.29, 1.82) is 0 Å². The fraction of sp³-hybridized carbons (Fsp3) is 0.500. The van der Waals surface area contributed by atoms with Gasteiger partial charge in [-0.2, -0.15) is 0 Å². The Hall–Kier alpha value is -1.84. The van der Waals surface area contributed by atoms with E-state index in [9.17, 15) is 8.42 Å². The molecule has 1 aromatic carbocycles. The Morgan fingerprint density at radius 2 is 1.96 bits per heavy atom. The second-order valence-corrected chi connectivity index (χ2v) is 7.88. The second kappa shape index (κ2) is 6.34. The van der Waals surface area contributed by atoms with E-state index in [1.807, 2.05) is 14.1 Å². The third-order valence-corrected chi connectivity index (χ3v) is 5.48. The van der Waals surface area contributed by atoms with E-state index in [4.69, 9.17) is 0 Å². The lowest BCUT2D eigenvalue weighted by Gasteiger charge is -2.37. The van der Waals surface area contributed by atoms with Gasteiger partial charge in [-0.1, -0.05) is 0 Å². The molecule has 8 nitrogen and oxygen atoms in total. The summed E-state index contributed by atoms with van der Waals surface area (Å²) in [6, 6.07) is 6.52. The Morgan fingerprint density at radius 1 is 1.26 bits per heavy atom. The topological polar surface area (TPSA) is 93.0 Å². The molecule has 23 heavy (non-hydrogen) atoms. The number of rotatable bonds is 6. The second-order valence-electron chi connectivity index (χ2n) is 6.17. The van der Waals surface area contributed by atoms with Crippen molar-refractivity contribution in [3.8, 4) is 5.69 Å². The lowest BCUT2D eigenvalue weighted by atomic mass is 9.81. The molecule has 2 aromatic rings. The fourth-order valence-corrected chi connectivity index (χ4v) is 4.10. The maximum absolute atomic E-state index is 12.4. The number of benzene rings is 1. The molecule has 0 atom stereocenters. The molecular formula is C14H20N6O2S. The Bertz CT molecular complexity index is 736. The number of nitrogens with zero attached hydrogens (tertiary/aromatic N) is 5. The summed E-state index contributed by atoms with van der Waals surface area (Å²) in [6.45, 7) is 0.999. The summed E-state index contributed by atoms with van der Waals surface area (Å²) in [4.78, 5) is 2.39. The van der Waals surface area contributed by atoms with Crippen LogP contribution in [0.2, 0.25) is 0 Å². The molecule has 0 amide bonds. The summed E-state index contributed by atoms with van der Waals surface area (Å²) in [5.41, 5.74) is 0.712. The Kier molecular flexibility index (Phi) is 4.42. The predicted molar refractivity (Wildman–Crippen MR) is 84.5 cm³/mol. The molecule has 0 bridgehead atoms. The fourth-order valence-electron chi connectivity index (χ4n) is 2.84. The van der Waals surface area contributed by atoms with Gasteiger partial charge < -0.3 is 4.90 Å². The first kappa shape index (κ1) is 16.0. The van der Waals surface area contributed by atoms with Crippen molar-refractivity contribution in [2.24, 2.45) is 5.92 Å². The molecule has 0 aliphatic heterocycles. The molecule has 0 radical (unpaired) electrons. The highest BCUT2D eigenvalue weighted by Crippen LogP contribution is 2.29. The molecule has 0 unspecified atom stereocenters. The van der Waals surface area contributed by atoms with Crippen LogP contribution < -0.4 is 4.72 Å². The van der Waals surface area contributed by atoms with E-state index in [0.717, 1.165) is 19.4 Å². The SMILES string of the molecule is CN(C)CC1CC(NS(=O)(=O)c2ccc(-n3cnnn3)cc2)C1. The highest BCUT2D eigenvalue weighted by Gasteiger charge is 2.32. The van der Waals surface area contributed by atoms with Crippen LogP contribution >= 0.6 is 0 Å². The molecule has 3 rings (SSSR count). The number of tetrazole rings is 1. The summed E-state index contributed by atoms with van der Waals surface area (Å²) in [5, 5.41) is 10.9. The van der Waals surface area contributed by atoms with Gasteiger partial charge in [0.05, 0.1) is 10.6 Å². The van der Waals surface area contributed by atoms with Crippen LogP contribution in [0.1, 0.15) is 12.8 Å². The average Bonchev–Trinajstić information content (AvgIpc) is 2.99. The van der Waals surface area contributed by atoms with Crippen LogP contribution in [0.15, 0.2) is 35.5 Å². The molecule has 1 fully saturated rings. The normalized spacial score (nSPS) is 21.3. The van der Waals surface area contributed by atoms with Crippen LogP contribution in [0.5, 0.6) is 0 Å². The number of sulfonamides is 1. The zero-order valence-electron chi connectivity index (χ0n) is 13.1. The summed E-state index contributed by atoms with van der Waals surface area (Å²) in [6.07, 6.45) is 3.24. The van der Waals surface area contributed by atoms with Crippen LogP contribution in [-0.2, 0) is 10.0 Å². The number of hydrogen-bond acceptors (Lipinski definition) is 6. The van der Waals surface area contributed by atoms with Crippen molar-refractivity contribution in [1.82, 2.24) is 29.8 Å². The third-order valence-electron chi connectivity index (χ3n) is 3.94. The summed E-state index contributed by atoms with van der Waals surface area (Å²) >= 11 is 0. The molecule has 1 saturated carbocycles. The van der Waals surface area contributed by atoms with E-state index in [1.54, 1.807) is 24.3 Å². The van der Waals surface area contributed by atoms with Crippen LogP contribution in [0.4, 0.5) is 0 Å². The molecule has 1 aliphatic rings. The number of aromatic nitrogens is 4. The first-order valence-corrected chi connectivity index (χ1v) is 8.93.